The fourth-order valence-corrected chi connectivity index (χ4v) is 3.16. The van der Waals surface area contributed by atoms with Crippen molar-refractivity contribution in [2.24, 2.45) is 0 Å². The fourth-order valence-electron chi connectivity index (χ4n) is 1.73. The molecule has 2 aromatic carbocycles. The lowest BCUT2D eigenvalue weighted by Crippen LogP contribution is -2.30. The van der Waals surface area contributed by atoms with E-state index < -0.39 is 32.7 Å². The molecule has 0 heterocycles. The molecule has 0 radical (unpaired) electrons. The van der Waals surface area contributed by atoms with E-state index in [0.717, 1.165) is 18.2 Å². The Hall–Kier alpha value is -1.97. The molecule has 0 saturated heterocycles. The number of sulfonamides is 1. The Kier molecular flexibility index (Phi) is 5.50. The molecular formula is C14H9Cl2F3N2O3S. The molecule has 2 N–H and O–H groups in total. The van der Waals surface area contributed by atoms with Gasteiger partial charge in [0.1, 0.15) is 0 Å². The van der Waals surface area contributed by atoms with Crippen molar-refractivity contribution in [3.63, 3.8) is 0 Å². The van der Waals surface area contributed by atoms with Crippen molar-refractivity contribution in [2.75, 3.05) is 10.0 Å². The van der Waals surface area contributed by atoms with Crippen molar-refractivity contribution < 1.29 is 26.4 Å². The molecule has 2 aromatic rings. The van der Waals surface area contributed by atoms with Crippen LogP contribution in [0.5, 0.6) is 0 Å². The van der Waals surface area contributed by atoms with Crippen LogP contribution in [0.4, 0.5) is 24.5 Å². The highest BCUT2D eigenvalue weighted by molar-refractivity contribution is 7.92. The number of benzene rings is 2. The number of hydrogen-bond donors (Lipinski definition) is 2. The molecule has 0 aliphatic carbocycles. The lowest BCUT2D eigenvalue weighted by molar-refractivity contribution is -0.167. The van der Waals surface area contributed by atoms with Gasteiger partial charge < -0.3 is 5.32 Å². The molecule has 11 heteroatoms. The van der Waals surface area contributed by atoms with Gasteiger partial charge in [0.25, 0.3) is 10.0 Å². The molecule has 0 atom stereocenters. The van der Waals surface area contributed by atoms with Crippen molar-refractivity contribution in [1.29, 1.82) is 0 Å². The van der Waals surface area contributed by atoms with Gasteiger partial charge in [-0.25, -0.2) is 8.42 Å². The van der Waals surface area contributed by atoms with Gasteiger partial charge in [0.2, 0.25) is 0 Å². The third-order valence-corrected chi connectivity index (χ3v) is 4.77. The summed E-state index contributed by atoms with van der Waals surface area (Å²) in [5.41, 5.74) is -0.332. The average molecular weight is 413 g/mol. The van der Waals surface area contributed by atoms with Crippen LogP contribution < -0.4 is 10.0 Å². The number of nitrogens with one attached hydrogen (secondary N) is 2. The van der Waals surface area contributed by atoms with Crippen LogP contribution in [0.3, 0.4) is 0 Å². The lowest BCUT2D eigenvalue weighted by Gasteiger charge is -2.12. The number of alkyl halides is 3. The number of amides is 1. The van der Waals surface area contributed by atoms with E-state index in [4.69, 9.17) is 23.2 Å². The van der Waals surface area contributed by atoms with E-state index >= 15 is 0 Å². The predicted molar refractivity (Wildman–Crippen MR) is 88.4 cm³/mol. The van der Waals surface area contributed by atoms with Crippen molar-refractivity contribution >= 4 is 50.5 Å². The third kappa shape index (κ3) is 5.00. The van der Waals surface area contributed by atoms with Gasteiger partial charge >= 0.3 is 12.1 Å². The molecule has 0 aliphatic rings. The Morgan fingerprint density at radius 1 is 1.04 bits per heavy atom. The highest BCUT2D eigenvalue weighted by atomic mass is 35.5. The van der Waals surface area contributed by atoms with E-state index in [1.165, 1.54) is 29.6 Å². The molecule has 5 nitrogen and oxygen atoms in total. The van der Waals surface area contributed by atoms with Crippen molar-refractivity contribution in [1.82, 2.24) is 0 Å². The molecule has 0 bridgehead atoms. The molecule has 0 unspecified atom stereocenters. The summed E-state index contributed by atoms with van der Waals surface area (Å²) in [6.07, 6.45) is -5.14. The number of carbonyl (C=O) groups excluding carboxylic acids is 1. The van der Waals surface area contributed by atoms with E-state index in [0.29, 0.717) is 0 Å². The average Bonchev–Trinajstić information content (AvgIpc) is 2.47. The zero-order valence-corrected chi connectivity index (χ0v) is 14.4. The highest BCUT2D eigenvalue weighted by Gasteiger charge is 2.39. The highest BCUT2D eigenvalue weighted by Crippen LogP contribution is 2.28. The van der Waals surface area contributed by atoms with Crippen LogP contribution in [0.1, 0.15) is 0 Å². The van der Waals surface area contributed by atoms with Gasteiger partial charge in [-0.1, -0.05) is 29.3 Å². The SMILES string of the molecule is O=C(Nc1cc(S(=O)(=O)Nc2cccc(Cl)c2)ccc1Cl)C(F)(F)F. The largest absolute Gasteiger partial charge is 0.471 e. The zero-order chi connectivity index (χ0) is 18.8. The summed E-state index contributed by atoms with van der Waals surface area (Å²) in [5, 5.41) is 1.56. The smallest absolute Gasteiger partial charge is 0.317 e. The molecular weight excluding hydrogens is 404 g/mol. The van der Waals surface area contributed by atoms with Crippen molar-refractivity contribution in [2.45, 2.75) is 11.1 Å². The van der Waals surface area contributed by atoms with Gasteiger partial charge in [0, 0.05) is 5.02 Å². The van der Waals surface area contributed by atoms with Crippen LogP contribution in [0.2, 0.25) is 10.0 Å². The first kappa shape index (κ1) is 19.4. The minimum atomic E-state index is -5.14. The van der Waals surface area contributed by atoms with Gasteiger partial charge in [-0.05, 0) is 36.4 Å². The second-order valence-corrected chi connectivity index (χ2v) is 7.24. The molecule has 0 spiro atoms. The molecule has 0 fully saturated rings. The lowest BCUT2D eigenvalue weighted by atomic mass is 10.3. The van der Waals surface area contributed by atoms with E-state index in [9.17, 15) is 26.4 Å². The molecule has 0 aliphatic heterocycles. The summed E-state index contributed by atoms with van der Waals surface area (Å²) in [4.78, 5) is 10.6. The fraction of sp³-hybridized carbons (Fsp3) is 0.0714. The Morgan fingerprint density at radius 2 is 1.72 bits per heavy atom. The number of rotatable bonds is 4. The normalized spacial score (nSPS) is 11.9. The quantitative estimate of drug-likeness (QED) is 0.785. The van der Waals surface area contributed by atoms with Gasteiger partial charge in [0.05, 0.1) is 21.3 Å². The molecule has 25 heavy (non-hydrogen) atoms. The monoisotopic (exact) mass is 412 g/mol. The van der Waals surface area contributed by atoms with Crippen LogP contribution in [0, 0.1) is 0 Å². The Bertz CT molecular complexity index is 918. The summed E-state index contributed by atoms with van der Waals surface area (Å²) in [5.74, 6) is -2.27. The molecule has 0 saturated carbocycles. The summed E-state index contributed by atoms with van der Waals surface area (Å²) in [7, 11) is -4.14. The standard InChI is InChI=1S/C14H9Cl2F3N2O3S/c15-8-2-1-3-9(6-8)21-25(23,24)10-4-5-11(16)12(7-10)20-13(22)14(17,18)19/h1-7,21H,(H,20,22). The maximum atomic E-state index is 12.3. The van der Waals surface area contributed by atoms with Crippen molar-refractivity contribution in [3.8, 4) is 0 Å². The van der Waals surface area contributed by atoms with Crippen LogP contribution >= 0.6 is 23.2 Å². The molecule has 134 valence electrons. The predicted octanol–water partition coefficient (Wildman–Crippen LogP) is 4.30. The second kappa shape index (κ2) is 7.11. The first-order valence-corrected chi connectivity index (χ1v) is 8.69. The number of carbonyl (C=O) groups is 1. The first-order valence-electron chi connectivity index (χ1n) is 6.45. The van der Waals surface area contributed by atoms with E-state index in [1.807, 2.05) is 0 Å². The molecule has 2 rings (SSSR count). The summed E-state index contributed by atoms with van der Waals surface area (Å²) < 4.78 is 63.9. The van der Waals surface area contributed by atoms with Crippen LogP contribution in [0.25, 0.3) is 0 Å². The Morgan fingerprint density at radius 3 is 2.32 bits per heavy atom. The summed E-state index contributed by atoms with van der Waals surface area (Å²) in [6.45, 7) is 0. The molecule has 1 amide bonds. The van der Waals surface area contributed by atoms with E-state index in [2.05, 4.69) is 4.72 Å². The van der Waals surface area contributed by atoms with Crippen molar-refractivity contribution in [3.05, 3.63) is 52.5 Å². The first-order chi connectivity index (χ1) is 11.5. The van der Waals surface area contributed by atoms with Crippen LogP contribution in [-0.2, 0) is 14.8 Å². The molecule has 0 aromatic heterocycles. The maximum absolute atomic E-state index is 12.3. The minimum absolute atomic E-state index is 0.156. The summed E-state index contributed by atoms with van der Waals surface area (Å²) >= 11 is 11.5. The zero-order valence-electron chi connectivity index (χ0n) is 12.1. The van der Waals surface area contributed by atoms with E-state index in [1.54, 1.807) is 0 Å². The van der Waals surface area contributed by atoms with Gasteiger partial charge in [-0.2, -0.15) is 13.2 Å². The maximum Gasteiger partial charge on any atom is 0.471 e. The Labute approximate surface area is 150 Å². The number of hydrogen-bond acceptors (Lipinski definition) is 3. The van der Waals surface area contributed by atoms with Gasteiger partial charge in [-0.15, -0.1) is 0 Å². The summed E-state index contributed by atoms with van der Waals surface area (Å²) in [6, 6.07) is 8.79. The van der Waals surface area contributed by atoms with E-state index in [-0.39, 0.29) is 15.7 Å². The van der Waals surface area contributed by atoms with Gasteiger partial charge in [0.15, 0.2) is 0 Å². The van der Waals surface area contributed by atoms with Gasteiger partial charge in [-0.3, -0.25) is 9.52 Å². The minimum Gasteiger partial charge on any atom is -0.317 e. The second-order valence-electron chi connectivity index (χ2n) is 4.71. The topological polar surface area (TPSA) is 75.3 Å². The number of halogens is 5. The van der Waals surface area contributed by atoms with Crippen LogP contribution in [-0.4, -0.2) is 20.5 Å². The number of anilines is 2. The third-order valence-electron chi connectivity index (χ3n) is 2.83. The Balaban J connectivity index is 2.33. The van der Waals surface area contributed by atoms with Crippen LogP contribution in [0.15, 0.2) is 47.4 Å².